The van der Waals surface area contributed by atoms with Crippen LogP contribution in [-0.2, 0) is 19.6 Å². The molecule has 9 heteroatoms. The third kappa shape index (κ3) is 7.28. The molecule has 1 amide bonds. The Hall–Kier alpha value is -1.19. The number of sulfonamides is 1. The van der Waals surface area contributed by atoms with E-state index in [2.05, 4.69) is 16.7 Å². The van der Waals surface area contributed by atoms with Crippen molar-refractivity contribution in [2.24, 2.45) is 5.92 Å². The summed E-state index contributed by atoms with van der Waals surface area (Å²) in [6.07, 6.45) is 4.95. The van der Waals surface area contributed by atoms with Crippen molar-refractivity contribution in [1.29, 1.82) is 0 Å². The minimum Gasteiger partial charge on any atom is -0.483 e. The van der Waals surface area contributed by atoms with E-state index in [0.29, 0.717) is 12.0 Å². The maximum Gasteiger partial charge on any atom is 0.290 e. The number of nitrogens with zero attached hydrogens (tertiary/aromatic N) is 2. The highest BCUT2D eigenvalue weighted by molar-refractivity contribution is 7.88. The minimum absolute atomic E-state index is 0.0633. The quantitative estimate of drug-likeness (QED) is 0.667. The lowest BCUT2D eigenvalue weighted by Gasteiger charge is -2.29. The summed E-state index contributed by atoms with van der Waals surface area (Å²) in [6.45, 7) is 2.61. The van der Waals surface area contributed by atoms with Gasteiger partial charge >= 0.3 is 0 Å². The molecule has 2 heterocycles. The van der Waals surface area contributed by atoms with E-state index in [0.717, 1.165) is 32.3 Å². The van der Waals surface area contributed by atoms with Crippen LogP contribution in [0, 0.1) is 5.92 Å². The number of amides is 1. The second-order valence-corrected chi connectivity index (χ2v) is 8.04. The van der Waals surface area contributed by atoms with Crippen LogP contribution in [0.15, 0.2) is 0 Å². The predicted octanol–water partition coefficient (Wildman–Crippen LogP) is -0.431. The lowest BCUT2D eigenvalue weighted by atomic mass is 9.99. The van der Waals surface area contributed by atoms with Crippen molar-refractivity contribution >= 4 is 22.4 Å². The van der Waals surface area contributed by atoms with Gasteiger partial charge < -0.3 is 14.9 Å². The lowest BCUT2D eigenvalue weighted by Crippen LogP contribution is -2.42. The van der Waals surface area contributed by atoms with Gasteiger partial charge in [-0.25, -0.2) is 13.1 Å². The second-order valence-electron chi connectivity index (χ2n) is 6.21. The molecule has 0 aromatic rings. The Balaban J connectivity index is 0.000000816. The first-order valence-electron chi connectivity index (χ1n) is 7.77. The van der Waals surface area contributed by atoms with Crippen LogP contribution in [0.1, 0.15) is 25.7 Å². The zero-order valence-corrected chi connectivity index (χ0v) is 14.6. The van der Waals surface area contributed by atoms with E-state index in [4.69, 9.17) is 9.90 Å². The predicted molar refractivity (Wildman–Crippen MR) is 86.5 cm³/mol. The molecule has 2 bridgehead atoms. The van der Waals surface area contributed by atoms with Gasteiger partial charge in [-0.3, -0.25) is 9.59 Å². The first-order chi connectivity index (χ1) is 10.8. The number of nitrogens with one attached hydrogen (secondary N) is 1. The number of fused-ring (bicyclic) bond motifs is 3. The number of rotatable bonds is 4. The van der Waals surface area contributed by atoms with Crippen molar-refractivity contribution in [2.45, 2.75) is 31.7 Å². The fourth-order valence-electron chi connectivity index (χ4n) is 3.24. The standard InChI is InChI=1S/C13H25N3O3S.CH2O2/c1-15-8-11-4-3-5-12(15)10-16(9-11)13(17)6-7-14-20(2,18)19;2-1-3/h11-12,14H,3-10H2,1-2H3;1H,(H,2,3)/t11-,12-;/m0./s1. The molecule has 2 aliphatic heterocycles. The van der Waals surface area contributed by atoms with Crippen LogP contribution in [0.5, 0.6) is 0 Å². The molecule has 2 N–H and O–H groups in total. The Morgan fingerprint density at radius 1 is 1.30 bits per heavy atom. The Labute approximate surface area is 137 Å². The van der Waals surface area contributed by atoms with E-state index in [-0.39, 0.29) is 25.3 Å². The molecule has 0 aliphatic carbocycles. The normalized spacial score (nSPS) is 25.0. The third-order valence-electron chi connectivity index (χ3n) is 4.28. The van der Waals surface area contributed by atoms with Gasteiger partial charge in [-0.2, -0.15) is 0 Å². The maximum atomic E-state index is 12.2. The molecule has 0 aromatic carbocycles. The van der Waals surface area contributed by atoms with Crippen molar-refractivity contribution < 1.29 is 23.1 Å². The highest BCUT2D eigenvalue weighted by atomic mass is 32.2. The largest absolute Gasteiger partial charge is 0.483 e. The molecule has 2 aliphatic rings. The van der Waals surface area contributed by atoms with Crippen LogP contribution >= 0.6 is 0 Å². The number of likely N-dealkylation sites (tertiary alicyclic amines) is 1. The first kappa shape index (κ1) is 19.9. The Bertz CT molecular complexity index is 497. The number of hydrogen-bond acceptors (Lipinski definition) is 5. The summed E-state index contributed by atoms with van der Waals surface area (Å²) < 4.78 is 24.4. The summed E-state index contributed by atoms with van der Waals surface area (Å²) in [6, 6.07) is 0.453. The molecule has 0 spiro atoms. The highest BCUT2D eigenvalue weighted by Crippen LogP contribution is 2.25. The smallest absolute Gasteiger partial charge is 0.290 e. The van der Waals surface area contributed by atoms with Gasteiger partial charge in [-0.05, 0) is 25.8 Å². The number of hydrogen-bond donors (Lipinski definition) is 2. The van der Waals surface area contributed by atoms with E-state index in [1.807, 2.05) is 4.90 Å². The number of carbonyl (C=O) groups is 2. The number of carboxylic acid groups (broad SMARTS) is 1. The van der Waals surface area contributed by atoms with Crippen LogP contribution in [-0.4, -0.2) is 81.2 Å². The van der Waals surface area contributed by atoms with Gasteiger partial charge in [0.2, 0.25) is 15.9 Å². The van der Waals surface area contributed by atoms with Crippen LogP contribution in [0.3, 0.4) is 0 Å². The molecule has 2 fully saturated rings. The molecule has 8 nitrogen and oxygen atoms in total. The molecule has 2 atom stereocenters. The van der Waals surface area contributed by atoms with Crippen LogP contribution < -0.4 is 4.72 Å². The van der Waals surface area contributed by atoms with Crippen LogP contribution in [0.4, 0.5) is 0 Å². The SMILES string of the molecule is CN1C[C@@H]2CCC[C@H]1CN(C(=O)CCNS(C)(=O)=O)C2.O=CO. The van der Waals surface area contributed by atoms with Gasteiger partial charge in [0.05, 0.1) is 6.26 Å². The number of carbonyl (C=O) groups excluding carboxylic acids is 1. The summed E-state index contributed by atoms with van der Waals surface area (Å²) in [5.41, 5.74) is 0. The molecular weight excluding hydrogens is 322 g/mol. The van der Waals surface area contributed by atoms with E-state index < -0.39 is 10.0 Å². The zero-order chi connectivity index (χ0) is 17.5. The van der Waals surface area contributed by atoms with Crippen molar-refractivity contribution in [2.75, 3.05) is 39.5 Å². The van der Waals surface area contributed by atoms with E-state index in [9.17, 15) is 13.2 Å². The molecule has 2 rings (SSSR count). The van der Waals surface area contributed by atoms with Crippen molar-refractivity contribution in [3.63, 3.8) is 0 Å². The summed E-state index contributed by atoms with van der Waals surface area (Å²) in [7, 11) is -1.07. The van der Waals surface area contributed by atoms with Gasteiger partial charge in [-0.15, -0.1) is 0 Å². The van der Waals surface area contributed by atoms with Gasteiger partial charge in [0.1, 0.15) is 0 Å². The first-order valence-corrected chi connectivity index (χ1v) is 9.66. The molecule has 134 valence electrons. The Kier molecular flexibility index (Phi) is 7.93. The minimum atomic E-state index is -3.21. The van der Waals surface area contributed by atoms with Crippen molar-refractivity contribution in [1.82, 2.24) is 14.5 Å². The molecule has 0 saturated carbocycles. The highest BCUT2D eigenvalue weighted by Gasteiger charge is 2.32. The molecular formula is C14H27N3O5S. The van der Waals surface area contributed by atoms with Crippen LogP contribution in [0.2, 0.25) is 0 Å². The van der Waals surface area contributed by atoms with Crippen LogP contribution in [0.25, 0.3) is 0 Å². The summed E-state index contributed by atoms with van der Waals surface area (Å²) >= 11 is 0. The second kappa shape index (κ2) is 9.19. The summed E-state index contributed by atoms with van der Waals surface area (Å²) in [5.74, 6) is 0.618. The average Bonchev–Trinajstić information content (AvgIpc) is 2.66. The Morgan fingerprint density at radius 2 is 1.96 bits per heavy atom. The monoisotopic (exact) mass is 349 g/mol. The fraction of sp³-hybridized carbons (Fsp3) is 0.857. The van der Waals surface area contributed by atoms with E-state index in [1.165, 1.54) is 12.8 Å². The summed E-state index contributed by atoms with van der Waals surface area (Å²) in [4.78, 5) is 24.9. The van der Waals surface area contributed by atoms with Gasteiger partial charge in [0.15, 0.2) is 0 Å². The van der Waals surface area contributed by atoms with Crippen molar-refractivity contribution in [3.05, 3.63) is 0 Å². The van der Waals surface area contributed by atoms with E-state index >= 15 is 0 Å². The summed E-state index contributed by atoms with van der Waals surface area (Å²) in [5, 5.41) is 6.89. The van der Waals surface area contributed by atoms with Gasteiger partial charge in [-0.1, -0.05) is 6.42 Å². The molecule has 0 aromatic heterocycles. The third-order valence-corrected chi connectivity index (χ3v) is 5.01. The van der Waals surface area contributed by atoms with Crippen molar-refractivity contribution in [3.8, 4) is 0 Å². The number of likely N-dealkylation sites (N-methyl/N-ethyl adjacent to an activating group) is 1. The average molecular weight is 349 g/mol. The molecule has 23 heavy (non-hydrogen) atoms. The molecule has 0 radical (unpaired) electrons. The zero-order valence-electron chi connectivity index (χ0n) is 13.8. The van der Waals surface area contributed by atoms with E-state index in [1.54, 1.807) is 0 Å². The molecule has 2 saturated heterocycles. The van der Waals surface area contributed by atoms with Gasteiger partial charge in [0, 0.05) is 38.6 Å². The Morgan fingerprint density at radius 3 is 2.57 bits per heavy atom. The fourth-order valence-corrected chi connectivity index (χ4v) is 3.71. The molecule has 0 unspecified atom stereocenters. The topological polar surface area (TPSA) is 107 Å². The maximum absolute atomic E-state index is 12.2. The van der Waals surface area contributed by atoms with Gasteiger partial charge in [0.25, 0.3) is 6.47 Å². The lowest BCUT2D eigenvalue weighted by molar-refractivity contribution is -0.132.